The first-order chi connectivity index (χ1) is 24.9. The third kappa shape index (κ3) is 7.54. The van der Waals surface area contributed by atoms with E-state index in [0.717, 1.165) is 43.8 Å². The van der Waals surface area contributed by atoms with Crippen molar-refractivity contribution in [3.63, 3.8) is 0 Å². The molecule has 0 aliphatic carbocycles. The fraction of sp³-hybridized carbons (Fsp3) is 0.190. The van der Waals surface area contributed by atoms with Crippen LogP contribution in [0.3, 0.4) is 0 Å². The van der Waals surface area contributed by atoms with E-state index in [2.05, 4.69) is 19.7 Å². The fourth-order valence-corrected chi connectivity index (χ4v) is 5.59. The van der Waals surface area contributed by atoms with Gasteiger partial charge in [-0.15, -0.1) is 0 Å². The summed E-state index contributed by atoms with van der Waals surface area (Å²) in [6, 6.07) is 32.2. The molecule has 0 radical (unpaired) electrons. The Morgan fingerprint density at radius 1 is 0.396 bits per heavy atom. The molecule has 7 aromatic rings. The molecule has 10 nitrogen and oxygen atoms in total. The SMILES string of the molecule is [C-]#[N+]C(C)(C)C.[C-]#[N+]C(C)(C)C.[Fe+2].c1ccc2c(c1)-c1nc-2nc2[nH]c(nc3nc(nc4[nH]c(n1)c1ccccc41)-c1ccccc1-3)c1ccccc21. The second kappa shape index (κ2) is 14.4. The van der Waals surface area contributed by atoms with Crippen LogP contribution in [0.5, 0.6) is 0 Å². The maximum atomic E-state index is 6.48. The van der Waals surface area contributed by atoms with Gasteiger partial charge in [-0.1, -0.05) is 97.1 Å². The van der Waals surface area contributed by atoms with E-state index in [1.54, 1.807) is 0 Å². The minimum absolute atomic E-state index is 0. The van der Waals surface area contributed by atoms with E-state index in [-0.39, 0.29) is 28.1 Å². The molecule has 0 amide bonds. The van der Waals surface area contributed by atoms with Crippen LogP contribution in [-0.2, 0) is 17.1 Å². The van der Waals surface area contributed by atoms with Crippen LogP contribution in [0.1, 0.15) is 41.5 Å². The Kier molecular flexibility index (Phi) is 9.92. The summed E-state index contributed by atoms with van der Waals surface area (Å²) in [6.07, 6.45) is 0. The van der Waals surface area contributed by atoms with Crippen LogP contribution in [0.2, 0.25) is 0 Å². The summed E-state index contributed by atoms with van der Waals surface area (Å²) in [6.45, 7) is 24.3. The van der Waals surface area contributed by atoms with E-state index in [9.17, 15) is 0 Å². The molecule has 3 aromatic heterocycles. The summed E-state index contributed by atoms with van der Waals surface area (Å²) in [4.78, 5) is 43.3. The van der Waals surface area contributed by atoms with Gasteiger partial charge in [0.25, 0.3) is 0 Å². The summed E-state index contributed by atoms with van der Waals surface area (Å²) in [5.41, 5.74) is 6.12. The molecule has 2 aliphatic rings. The summed E-state index contributed by atoms with van der Waals surface area (Å²) < 4.78 is 0. The molecule has 260 valence electrons. The third-order valence-corrected chi connectivity index (χ3v) is 8.13. The van der Waals surface area contributed by atoms with E-state index in [1.165, 1.54) is 0 Å². The van der Waals surface area contributed by atoms with Crippen molar-refractivity contribution in [3.8, 4) is 45.6 Å². The number of H-pyrrole nitrogens is 2. The van der Waals surface area contributed by atoms with E-state index in [0.29, 0.717) is 45.9 Å². The van der Waals surface area contributed by atoms with Crippen LogP contribution in [0.15, 0.2) is 97.1 Å². The number of benzene rings is 4. The molecule has 9 rings (SSSR count). The van der Waals surface area contributed by atoms with Gasteiger partial charge in [-0.3, -0.25) is 0 Å². The summed E-state index contributed by atoms with van der Waals surface area (Å²) in [7, 11) is 0. The van der Waals surface area contributed by atoms with Gasteiger partial charge in [0, 0.05) is 85.3 Å². The number of aromatic amines is 2. The van der Waals surface area contributed by atoms with Gasteiger partial charge < -0.3 is 19.7 Å². The van der Waals surface area contributed by atoms with Crippen LogP contribution >= 0.6 is 0 Å². The van der Waals surface area contributed by atoms with Crippen molar-refractivity contribution in [1.29, 1.82) is 0 Å². The molecule has 2 aliphatic heterocycles. The van der Waals surface area contributed by atoms with Gasteiger partial charge in [0.15, 0.2) is 23.3 Å². The number of aromatic nitrogens is 8. The van der Waals surface area contributed by atoms with Gasteiger partial charge >= 0.3 is 17.1 Å². The van der Waals surface area contributed by atoms with Crippen LogP contribution in [-0.4, -0.2) is 50.9 Å². The molecule has 0 unspecified atom stereocenters. The Balaban J connectivity index is 0.000000324. The monoisotopic (exact) mass is 736 g/mol. The number of nitrogens with one attached hydrogen (secondary N) is 2. The number of nitrogens with zero attached hydrogens (tertiary/aromatic N) is 8. The molecule has 0 fully saturated rings. The Bertz CT molecular complexity index is 2410. The number of fused-ring (bicyclic) bond motifs is 20. The Labute approximate surface area is 318 Å². The predicted molar refractivity (Wildman–Crippen MR) is 209 cm³/mol. The van der Waals surface area contributed by atoms with E-state index in [1.807, 2.05) is 139 Å². The fourth-order valence-electron chi connectivity index (χ4n) is 5.59. The number of rotatable bonds is 0. The minimum Gasteiger partial charge on any atom is -0.324 e. The van der Waals surface area contributed by atoms with Crippen LogP contribution in [0.4, 0.5) is 0 Å². The molecule has 11 heteroatoms. The van der Waals surface area contributed by atoms with Crippen LogP contribution in [0.25, 0.3) is 99.4 Å². The normalized spacial score (nSPS) is 11.4. The molecular weight excluding hydrogens is 700 g/mol. The van der Waals surface area contributed by atoms with Crippen molar-refractivity contribution in [2.75, 3.05) is 0 Å². The van der Waals surface area contributed by atoms with Crippen molar-refractivity contribution in [2.45, 2.75) is 52.6 Å². The van der Waals surface area contributed by atoms with E-state index >= 15 is 0 Å². The molecule has 2 N–H and O–H groups in total. The zero-order valence-corrected chi connectivity index (χ0v) is 31.3. The van der Waals surface area contributed by atoms with Gasteiger partial charge in [-0.25, -0.2) is 43.0 Å². The van der Waals surface area contributed by atoms with Gasteiger partial charge in [0.2, 0.25) is 11.1 Å². The first-order valence-electron chi connectivity index (χ1n) is 16.9. The average Bonchev–Trinajstić information content (AvgIpc) is 3.87. The summed E-state index contributed by atoms with van der Waals surface area (Å²) >= 11 is 0. The Hall–Kier alpha value is -6.26. The number of hydrogen-bond acceptors (Lipinski definition) is 6. The summed E-state index contributed by atoms with van der Waals surface area (Å²) in [5, 5.41) is 3.82. The van der Waals surface area contributed by atoms with Crippen molar-refractivity contribution < 1.29 is 17.1 Å². The summed E-state index contributed by atoms with van der Waals surface area (Å²) in [5.74, 6) is 2.39. The van der Waals surface area contributed by atoms with Crippen molar-refractivity contribution in [2.24, 2.45) is 0 Å². The standard InChI is InChI=1S/C32H18N8.2C5H9N.Fe/c1-2-10-18-17(9-1)25-33-26(18)38-28-21-13-5-6-14-22(21)30(35-28)40-32-24-16-8-7-15-23(24)31(36-32)39-29-20-12-4-3-11-19(20)27(34-29)37-25;2*1-5(2,3)6-4;/h1-16H,(H2,33,34,35,36,37,38,39,40);2*1-3H3;/q;;;+2. The van der Waals surface area contributed by atoms with Crippen molar-refractivity contribution in [3.05, 3.63) is 120 Å². The molecule has 4 aromatic carbocycles. The topological polar surface area (TPSA) is 118 Å². The molecule has 0 saturated heterocycles. The van der Waals surface area contributed by atoms with Gasteiger partial charge in [0.05, 0.1) is 0 Å². The van der Waals surface area contributed by atoms with Crippen molar-refractivity contribution >= 4 is 44.1 Å². The first-order valence-corrected chi connectivity index (χ1v) is 16.9. The number of hydrogen-bond donors (Lipinski definition) is 2. The molecule has 8 bridgehead atoms. The Morgan fingerprint density at radius 3 is 0.811 bits per heavy atom. The first kappa shape index (κ1) is 36.5. The molecule has 0 saturated carbocycles. The quantitative estimate of drug-likeness (QED) is 0.118. The van der Waals surface area contributed by atoms with Crippen LogP contribution in [0, 0.1) is 13.1 Å². The maximum absolute atomic E-state index is 6.48. The van der Waals surface area contributed by atoms with E-state index in [4.69, 9.17) is 43.0 Å². The zero-order valence-electron chi connectivity index (χ0n) is 30.2. The molecule has 53 heavy (non-hydrogen) atoms. The zero-order chi connectivity index (χ0) is 36.6. The maximum Gasteiger partial charge on any atom is 2.00 e. The second-order valence-corrected chi connectivity index (χ2v) is 14.4. The molecule has 0 atom stereocenters. The molecule has 0 spiro atoms. The minimum atomic E-state index is -0.167. The van der Waals surface area contributed by atoms with Crippen molar-refractivity contribution in [1.82, 2.24) is 39.9 Å². The molecule has 5 heterocycles. The van der Waals surface area contributed by atoms with E-state index < -0.39 is 0 Å². The smallest absolute Gasteiger partial charge is 0.324 e. The van der Waals surface area contributed by atoms with Crippen LogP contribution < -0.4 is 0 Å². The predicted octanol–water partition coefficient (Wildman–Crippen LogP) is 10.3. The van der Waals surface area contributed by atoms with Gasteiger partial charge in [-0.2, -0.15) is 0 Å². The Morgan fingerprint density at radius 2 is 0.604 bits per heavy atom. The largest absolute Gasteiger partial charge is 2.00 e. The average molecular weight is 737 g/mol. The van der Waals surface area contributed by atoms with Gasteiger partial charge in [0.1, 0.15) is 22.6 Å². The molecular formula is C42H36FeN10+2. The van der Waals surface area contributed by atoms with Gasteiger partial charge in [-0.05, 0) is 0 Å². The third-order valence-electron chi connectivity index (χ3n) is 8.13. The second-order valence-electron chi connectivity index (χ2n) is 14.4.